The number of methoxy groups -OCH3 is 1. The summed E-state index contributed by atoms with van der Waals surface area (Å²) in [7, 11) is 1.22. The Morgan fingerprint density at radius 1 is 0.483 bits per heavy atom. The molecule has 0 bridgehead atoms. The van der Waals surface area contributed by atoms with Crippen molar-refractivity contribution in [2.75, 3.05) is 20.3 Å². The summed E-state index contributed by atoms with van der Waals surface area (Å²) in [6.07, 6.45) is -16.1. The number of benzene rings is 4. The maximum absolute atomic E-state index is 14.0. The summed E-state index contributed by atoms with van der Waals surface area (Å²) >= 11 is 13.3. The van der Waals surface area contributed by atoms with Crippen molar-refractivity contribution in [1.29, 1.82) is 0 Å². The highest BCUT2D eigenvalue weighted by Crippen LogP contribution is 2.33. The van der Waals surface area contributed by atoms with Crippen molar-refractivity contribution in [2.45, 2.75) is 61.4 Å². The third-order valence-corrected chi connectivity index (χ3v) is 11.5. The largest absolute Gasteiger partial charge is 0.459 e. The van der Waals surface area contributed by atoms with Crippen LogP contribution in [0.3, 0.4) is 0 Å². The van der Waals surface area contributed by atoms with Gasteiger partial charge in [0.05, 0.1) is 28.9 Å². The molecular formula is C41H36Br4O15. The maximum atomic E-state index is 14.0. The van der Waals surface area contributed by atoms with Crippen LogP contribution in [0.15, 0.2) is 115 Å². The van der Waals surface area contributed by atoms with Crippen molar-refractivity contribution in [1.82, 2.24) is 0 Å². The smallest absolute Gasteiger partial charge is 0.338 e. The van der Waals surface area contributed by atoms with Gasteiger partial charge in [-0.2, -0.15) is 0 Å². The molecule has 2 aliphatic rings. The predicted molar refractivity (Wildman–Crippen MR) is 223 cm³/mol. The highest BCUT2D eigenvalue weighted by atomic mass is 79.9. The van der Waals surface area contributed by atoms with E-state index in [0.29, 0.717) is 17.9 Å². The van der Waals surface area contributed by atoms with Crippen molar-refractivity contribution in [3.8, 4) is 0 Å². The number of hydrogen-bond donors (Lipinski definition) is 3. The van der Waals surface area contributed by atoms with Gasteiger partial charge in [0, 0.05) is 25.0 Å². The van der Waals surface area contributed by atoms with Gasteiger partial charge in [0.15, 0.2) is 30.9 Å². The molecule has 318 valence electrons. The van der Waals surface area contributed by atoms with E-state index in [-0.39, 0.29) is 22.3 Å². The van der Waals surface area contributed by atoms with E-state index in [1.807, 2.05) is 0 Å². The number of rotatable bonds is 13. The van der Waals surface area contributed by atoms with Gasteiger partial charge in [0.1, 0.15) is 37.1 Å². The van der Waals surface area contributed by atoms with Crippen LogP contribution in [-0.2, 0) is 37.9 Å². The van der Waals surface area contributed by atoms with Crippen LogP contribution in [0.5, 0.6) is 0 Å². The van der Waals surface area contributed by atoms with Crippen molar-refractivity contribution < 1.29 is 72.4 Å². The number of carbonyl (C=O) groups excluding carboxylic acids is 4. The molecule has 15 nitrogen and oxygen atoms in total. The number of halogens is 4. The van der Waals surface area contributed by atoms with Crippen LogP contribution in [0.2, 0.25) is 0 Å². The van der Waals surface area contributed by atoms with E-state index < -0.39 is 98.5 Å². The molecule has 2 heterocycles. The number of carbonyl (C=O) groups is 4. The average molecular weight is 1090 g/mol. The normalized spacial score (nSPS) is 26.4. The Balaban J connectivity index is 1.41. The quantitative estimate of drug-likeness (QED) is 0.108. The van der Waals surface area contributed by atoms with Gasteiger partial charge in [-0.3, -0.25) is 0 Å². The molecule has 60 heavy (non-hydrogen) atoms. The molecule has 10 atom stereocenters. The van der Waals surface area contributed by atoms with Crippen LogP contribution in [0.1, 0.15) is 41.4 Å². The molecule has 4 aromatic rings. The second-order valence-corrected chi connectivity index (χ2v) is 17.0. The standard InChI is InChI=1S/C41H36Br4O15/c1-53-40-32(48)31(47)30(46)28(56-40)18-55-41-35(60-39(52)23-8-16-27(45)17-9-23)34(59-38(51)22-6-14-26(44)15-7-22)33(58-37(50)21-4-12-25(43)13-5-21)29(57-41)19-54-36(49)20-2-10-24(42)11-3-20/h2-17,28-35,40-41,46-48H,18-19H2,1H3/t28-,29-,30-,31+,32-,33-,34+,35-,40-,41-/m1/s1. The van der Waals surface area contributed by atoms with Gasteiger partial charge in [0.2, 0.25) is 0 Å². The zero-order chi connectivity index (χ0) is 43.1. The Morgan fingerprint density at radius 2 is 0.867 bits per heavy atom. The molecule has 0 spiro atoms. The van der Waals surface area contributed by atoms with Gasteiger partial charge in [0.25, 0.3) is 0 Å². The summed E-state index contributed by atoms with van der Waals surface area (Å²) in [4.78, 5) is 55.0. The Bertz CT molecular complexity index is 2100. The maximum Gasteiger partial charge on any atom is 0.338 e. The lowest BCUT2D eigenvalue weighted by atomic mass is 9.97. The van der Waals surface area contributed by atoms with Crippen LogP contribution in [0.25, 0.3) is 0 Å². The first kappa shape index (κ1) is 45.9. The van der Waals surface area contributed by atoms with E-state index in [9.17, 15) is 34.5 Å². The first-order valence-electron chi connectivity index (χ1n) is 18.0. The lowest BCUT2D eigenvalue weighted by Gasteiger charge is -2.45. The summed E-state index contributed by atoms with van der Waals surface area (Å²) in [6, 6.07) is 24.7. The Kier molecular flexibility index (Phi) is 16.1. The fourth-order valence-corrected chi connectivity index (χ4v) is 7.20. The molecule has 2 fully saturated rings. The van der Waals surface area contributed by atoms with Crippen molar-refractivity contribution >= 4 is 87.6 Å². The topological polar surface area (TPSA) is 203 Å². The Labute approximate surface area is 376 Å². The van der Waals surface area contributed by atoms with Crippen molar-refractivity contribution in [3.63, 3.8) is 0 Å². The fraction of sp³-hybridized carbons (Fsp3) is 0.317. The van der Waals surface area contributed by atoms with E-state index >= 15 is 0 Å². The molecule has 0 amide bonds. The van der Waals surface area contributed by atoms with Gasteiger partial charge in [-0.15, -0.1) is 0 Å². The molecule has 6 rings (SSSR count). The highest BCUT2D eigenvalue weighted by molar-refractivity contribution is 9.11. The van der Waals surface area contributed by atoms with Crippen LogP contribution in [-0.4, -0.2) is 121 Å². The summed E-state index contributed by atoms with van der Waals surface area (Å²) in [6.45, 7) is -1.21. The van der Waals surface area contributed by atoms with Gasteiger partial charge >= 0.3 is 23.9 Å². The molecule has 0 unspecified atom stereocenters. The highest BCUT2D eigenvalue weighted by Gasteiger charge is 2.54. The minimum Gasteiger partial charge on any atom is -0.459 e. The number of esters is 4. The molecule has 19 heteroatoms. The number of aliphatic hydroxyl groups is 3. The van der Waals surface area contributed by atoms with Gasteiger partial charge in [-0.1, -0.05) is 63.7 Å². The SMILES string of the molecule is CO[C@@H]1O[C@H](CO[C@@H]2O[C@H](COC(=O)c3ccc(Br)cc3)[C@@H](OC(=O)c3ccc(Br)cc3)[C@H](OC(=O)c3ccc(Br)cc3)[C@H]2OC(=O)c2ccc(Br)cc2)[C@@H](O)[C@H](O)[C@H]1O. The van der Waals surface area contributed by atoms with Crippen LogP contribution in [0.4, 0.5) is 0 Å². The van der Waals surface area contributed by atoms with Crippen molar-refractivity contribution in [2.24, 2.45) is 0 Å². The summed E-state index contributed by atoms with van der Waals surface area (Å²) < 4.78 is 49.8. The van der Waals surface area contributed by atoms with E-state index in [4.69, 9.17) is 37.9 Å². The first-order chi connectivity index (χ1) is 28.7. The molecule has 0 aliphatic carbocycles. The zero-order valence-corrected chi connectivity index (χ0v) is 37.5. The molecule has 3 N–H and O–H groups in total. The number of hydrogen-bond acceptors (Lipinski definition) is 15. The molecule has 0 saturated carbocycles. The zero-order valence-electron chi connectivity index (χ0n) is 31.2. The van der Waals surface area contributed by atoms with Crippen molar-refractivity contribution in [3.05, 3.63) is 137 Å². The number of ether oxygens (including phenoxy) is 8. The monoisotopic (exact) mass is 1080 g/mol. The van der Waals surface area contributed by atoms with Gasteiger partial charge in [-0.25, -0.2) is 19.2 Å². The number of aliphatic hydroxyl groups excluding tert-OH is 3. The predicted octanol–water partition coefficient (Wildman–Crippen LogP) is 5.77. The fourth-order valence-electron chi connectivity index (χ4n) is 6.15. The first-order valence-corrected chi connectivity index (χ1v) is 21.2. The molecule has 4 aromatic carbocycles. The average Bonchev–Trinajstić information content (AvgIpc) is 3.24. The lowest BCUT2D eigenvalue weighted by molar-refractivity contribution is -0.327. The van der Waals surface area contributed by atoms with E-state index in [1.54, 1.807) is 48.5 Å². The lowest BCUT2D eigenvalue weighted by Crippen LogP contribution is -2.64. The van der Waals surface area contributed by atoms with E-state index in [0.717, 1.165) is 0 Å². The third-order valence-electron chi connectivity index (χ3n) is 9.34. The molecule has 2 saturated heterocycles. The second-order valence-electron chi connectivity index (χ2n) is 13.4. The minimum atomic E-state index is -1.74. The summed E-state index contributed by atoms with van der Waals surface area (Å²) in [5, 5.41) is 31.7. The Hall–Kier alpha value is -3.60. The molecule has 0 radical (unpaired) electrons. The van der Waals surface area contributed by atoms with Gasteiger partial charge in [-0.05, 0) is 97.1 Å². The molecule has 2 aliphatic heterocycles. The van der Waals surface area contributed by atoms with Crippen LogP contribution >= 0.6 is 63.7 Å². The Morgan fingerprint density at radius 3 is 1.30 bits per heavy atom. The van der Waals surface area contributed by atoms with E-state index in [1.165, 1.54) is 55.6 Å². The summed E-state index contributed by atoms with van der Waals surface area (Å²) in [5.74, 6) is -3.55. The molecule has 0 aromatic heterocycles. The summed E-state index contributed by atoms with van der Waals surface area (Å²) in [5.41, 5.74) is 0.380. The van der Waals surface area contributed by atoms with Crippen LogP contribution in [0, 0.1) is 0 Å². The minimum absolute atomic E-state index is 0.0632. The van der Waals surface area contributed by atoms with Gasteiger partial charge < -0.3 is 53.2 Å². The van der Waals surface area contributed by atoms with E-state index in [2.05, 4.69) is 63.7 Å². The second kappa shape index (κ2) is 21.0. The molecular weight excluding hydrogens is 1050 g/mol. The van der Waals surface area contributed by atoms with Crippen LogP contribution < -0.4 is 0 Å². The third kappa shape index (κ3) is 11.4.